The van der Waals surface area contributed by atoms with E-state index in [1.165, 1.54) is 0 Å². The molecular weight excluding hydrogens is 426 g/mol. The second-order valence-corrected chi connectivity index (χ2v) is 11.3. The van der Waals surface area contributed by atoms with Crippen molar-refractivity contribution in [2.75, 3.05) is 19.0 Å². The van der Waals surface area contributed by atoms with Gasteiger partial charge in [-0.1, -0.05) is 32.0 Å². The quantitative estimate of drug-likeness (QED) is 0.605. The third-order valence-corrected chi connectivity index (χ3v) is 9.53. The van der Waals surface area contributed by atoms with Crippen LogP contribution in [0.1, 0.15) is 37.8 Å². The van der Waals surface area contributed by atoms with Crippen molar-refractivity contribution in [3.05, 3.63) is 29.3 Å². The standard InChI is InChI=1S/C24H33N3O4S/c1-12(2)15(11-28)27-20(22(30)26-19-13(3)7-6-8-14(19)4)24-10-9-16(32-24)17(21(29)25-5)18(24)23(27)31/h6-8,12,15-18,20,28H,9-11H2,1-5H3,(H,25,29)(H,26,30)/t15-,16-,17+,18-,20?,24?/m0/s1. The molecule has 0 radical (unpaired) electrons. The fourth-order valence-electron chi connectivity index (χ4n) is 6.04. The number of nitrogens with zero attached hydrogens (tertiary/aromatic N) is 1. The van der Waals surface area contributed by atoms with Crippen LogP contribution in [0.5, 0.6) is 0 Å². The molecule has 0 saturated carbocycles. The first kappa shape index (κ1) is 23.1. The molecule has 32 heavy (non-hydrogen) atoms. The van der Waals surface area contributed by atoms with Gasteiger partial charge >= 0.3 is 0 Å². The van der Waals surface area contributed by atoms with Crippen molar-refractivity contribution in [1.82, 2.24) is 10.2 Å². The fraction of sp³-hybridized carbons (Fsp3) is 0.625. The first-order valence-corrected chi connectivity index (χ1v) is 12.3. The lowest BCUT2D eigenvalue weighted by Crippen LogP contribution is -2.56. The van der Waals surface area contributed by atoms with E-state index in [1.54, 1.807) is 23.7 Å². The Bertz CT molecular complexity index is 931. The second-order valence-electron chi connectivity index (χ2n) is 9.67. The third kappa shape index (κ3) is 3.25. The minimum absolute atomic E-state index is 0.0321. The summed E-state index contributed by atoms with van der Waals surface area (Å²) in [4.78, 5) is 42.1. The Hall–Kier alpha value is -2.06. The summed E-state index contributed by atoms with van der Waals surface area (Å²) in [6, 6.07) is 4.63. The summed E-state index contributed by atoms with van der Waals surface area (Å²) in [5.74, 6) is -1.57. The van der Waals surface area contributed by atoms with Crippen molar-refractivity contribution in [1.29, 1.82) is 0 Å². The van der Waals surface area contributed by atoms with Crippen LogP contribution in [0.4, 0.5) is 5.69 Å². The van der Waals surface area contributed by atoms with Crippen molar-refractivity contribution in [2.24, 2.45) is 17.8 Å². The number of carbonyl (C=O) groups is 3. The number of fused-ring (bicyclic) bond motifs is 1. The lowest BCUT2D eigenvalue weighted by atomic mass is 9.70. The number of para-hydroxylation sites is 1. The van der Waals surface area contributed by atoms with Gasteiger partial charge in [-0.2, -0.15) is 0 Å². The Morgan fingerprint density at radius 1 is 1.25 bits per heavy atom. The Morgan fingerprint density at radius 2 is 1.91 bits per heavy atom. The lowest BCUT2D eigenvalue weighted by Gasteiger charge is -2.38. The number of carbonyl (C=O) groups excluding carboxylic acids is 3. The molecular formula is C24H33N3O4S. The summed E-state index contributed by atoms with van der Waals surface area (Å²) in [7, 11) is 1.60. The minimum atomic E-state index is -0.733. The lowest BCUT2D eigenvalue weighted by molar-refractivity contribution is -0.142. The molecule has 4 rings (SSSR count). The molecule has 6 atom stereocenters. The number of aryl methyl sites for hydroxylation is 2. The number of aliphatic hydroxyl groups excluding tert-OH is 1. The predicted molar refractivity (Wildman–Crippen MR) is 125 cm³/mol. The van der Waals surface area contributed by atoms with Crippen LogP contribution < -0.4 is 10.6 Å². The molecule has 2 bridgehead atoms. The van der Waals surface area contributed by atoms with E-state index in [4.69, 9.17) is 0 Å². The smallest absolute Gasteiger partial charge is 0.248 e. The summed E-state index contributed by atoms with van der Waals surface area (Å²) in [5, 5.41) is 16.1. The molecule has 3 fully saturated rings. The minimum Gasteiger partial charge on any atom is -0.394 e. The summed E-state index contributed by atoms with van der Waals surface area (Å²) in [6.45, 7) is 7.56. The van der Waals surface area contributed by atoms with Crippen LogP contribution in [-0.4, -0.2) is 63.5 Å². The summed E-state index contributed by atoms with van der Waals surface area (Å²) < 4.78 is -0.651. The summed E-state index contributed by atoms with van der Waals surface area (Å²) >= 11 is 1.64. The molecule has 0 aliphatic carbocycles. The SMILES string of the molecule is CNC(=O)[C@@H]1[C@@H]2CCC3(S2)C(C(=O)Nc2c(C)cccc2C)N([C@@H](CO)C(C)C)C(=O)[C@H]13. The molecule has 3 aliphatic heterocycles. The van der Waals surface area contributed by atoms with E-state index < -0.39 is 28.7 Å². The largest absolute Gasteiger partial charge is 0.394 e. The highest BCUT2D eigenvalue weighted by Crippen LogP contribution is 2.66. The van der Waals surface area contributed by atoms with Crippen molar-refractivity contribution in [3.8, 4) is 0 Å². The van der Waals surface area contributed by atoms with E-state index in [9.17, 15) is 19.5 Å². The topological polar surface area (TPSA) is 98.7 Å². The zero-order valence-corrected chi connectivity index (χ0v) is 20.2. The molecule has 1 spiro atoms. The Labute approximate surface area is 193 Å². The van der Waals surface area contributed by atoms with Gasteiger partial charge in [-0.15, -0.1) is 11.8 Å². The van der Waals surface area contributed by atoms with Gasteiger partial charge in [0.15, 0.2) is 0 Å². The summed E-state index contributed by atoms with van der Waals surface area (Å²) in [5.41, 5.74) is 2.67. The van der Waals surface area contributed by atoms with E-state index >= 15 is 0 Å². The van der Waals surface area contributed by atoms with Gasteiger partial charge in [0.1, 0.15) is 6.04 Å². The van der Waals surface area contributed by atoms with Gasteiger partial charge in [0, 0.05) is 18.0 Å². The highest BCUT2D eigenvalue weighted by molar-refractivity contribution is 8.02. The number of hydrogen-bond donors (Lipinski definition) is 3. The van der Waals surface area contributed by atoms with Crippen LogP contribution in [0.2, 0.25) is 0 Å². The van der Waals surface area contributed by atoms with Crippen LogP contribution in [-0.2, 0) is 14.4 Å². The highest BCUT2D eigenvalue weighted by Gasteiger charge is 2.74. The van der Waals surface area contributed by atoms with Crippen molar-refractivity contribution >= 4 is 35.2 Å². The van der Waals surface area contributed by atoms with Gasteiger partial charge in [0.05, 0.1) is 29.2 Å². The average molecular weight is 460 g/mol. The van der Waals surface area contributed by atoms with Crippen LogP contribution in [0.15, 0.2) is 18.2 Å². The van der Waals surface area contributed by atoms with Crippen LogP contribution in [0.25, 0.3) is 0 Å². The molecule has 7 nitrogen and oxygen atoms in total. The highest BCUT2D eigenvalue weighted by atomic mass is 32.2. The predicted octanol–water partition coefficient (Wildman–Crippen LogP) is 2.10. The molecule has 2 unspecified atom stereocenters. The Kier molecular flexibility index (Phi) is 6.05. The van der Waals surface area contributed by atoms with Crippen molar-refractivity contribution in [3.63, 3.8) is 0 Å². The van der Waals surface area contributed by atoms with Crippen molar-refractivity contribution < 1.29 is 19.5 Å². The van der Waals surface area contributed by atoms with E-state index in [0.717, 1.165) is 23.2 Å². The molecule has 8 heteroatoms. The van der Waals surface area contributed by atoms with Crippen molar-refractivity contribution in [2.45, 2.75) is 62.6 Å². The number of hydrogen-bond acceptors (Lipinski definition) is 5. The van der Waals surface area contributed by atoms with Gasteiger partial charge in [0.25, 0.3) is 0 Å². The first-order chi connectivity index (χ1) is 15.2. The van der Waals surface area contributed by atoms with Gasteiger partial charge in [-0.3, -0.25) is 14.4 Å². The molecule has 0 aromatic heterocycles. The average Bonchev–Trinajstić information content (AvgIpc) is 3.38. The van der Waals surface area contributed by atoms with E-state index in [1.807, 2.05) is 45.9 Å². The van der Waals surface area contributed by atoms with Gasteiger partial charge in [0.2, 0.25) is 17.7 Å². The molecule has 1 aromatic carbocycles. The zero-order chi connectivity index (χ0) is 23.4. The molecule has 3 saturated heterocycles. The molecule has 3 amide bonds. The van der Waals surface area contributed by atoms with Gasteiger partial charge in [-0.25, -0.2) is 0 Å². The second kappa shape index (κ2) is 8.37. The number of thioether (sulfide) groups is 1. The van der Waals surface area contributed by atoms with Gasteiger partial charge < -0.3 is 20.6 Å². The van der Waals surface area contributed by atoms with E-state index in [2.05, 4.69) is 10.6 Å². The van der Waals surface area contributed by atoms with Gasteiger partial charge in [-0.05, 0) is 43.7 Å². The van der Waals surface area contributed by atoms with Crippen LogP contribution >= 0.6 is 11.8 Å². The molecule has 3 N–H and O–H groups in total. The maximum Gasteiger partial charge on any atom is 0.248 e. The number of rotatable bonds is 6. The maximum absolute atomic E-state index is 13.9. The first-order valence-electron chi connectivity index (χ1n) is 11.4. The third-order valence-electron chi connectivity index (χ3n) is 7.58. The Morgan fingerprint density at radius 3 is 2.47 bits per heavy atom. The number of amides is 3. The molecule has 1 aromatic rings. The van der Waals surface area contributed by atoms with E-state index in [-0.39, 0.29) is 35.5 Å². The number of benzene rings is 1. The van der Waals surface area contributed by atoms with Crippen LogP contribution in [0.3, 0.4) is 0 Å². The Balaban J connectivity index is 1.79. The summed E-state index contributed by atoms with van der Waals surface area (Å²) in [6.07, 6.45) is 1.52. The fourth-order valence-corrected chi connectivity index (χ4v) is 8.24. The molecule has 3 heterocycles. The normalized spacial score (nSPS) is 31.7. The monoisotopic (exact) mass is 459 g/mol. The zero-order valence-electron chi connectivity index (χ0n) is 19.3. The molecule has 174 valence electrons. The molecule has 3 aliphatic rings. The number of anilines is 1. The number of nitrogens with one attached hydrogen (secondary N) is 2. The maximum atomic E-state index is 13.9. The van der Waals surface area contributed by atoms with E-state index in [0.29, 0.717) is 6.42 Å². The number of aliphatic hydroxyl groups is 1. The van der Waals surface area contributed by atoms with Crippen LogP contribution in [0, 0.1) is 31.6 Å². The number of likely N-dealkylation sites (tertiary alicyclic amines) is 1.